The maximum Gasteiger partial charge on any atom is 0.169 e. The van der Waals surface area contributed by atoms with E-state index >= 15 is 0 Å². The maximum atomic E-state index is 13.5. The summed E-state index contributed by atoms with van der Waals surface area (Å²) < 4.78 is 18.5. The zero-order chi connectivity index (χ0) is 11.7. The van der Waals surface area contributed by atoms with Crippen molar-refractivity contribution < 1.29 is 8.91 Å². The van der Waals surface area contributed by atoms with E-state index in [1.54, 1.807) is 12.1 Å². The average molecular weight is 241 g/mol. The van der Waals surface area contributed by atoms with Crippen LogP contribution in [-0.2, 0) is 6.42 Å². The monoisotopic (exact) mass is 240 g/mol. The standard InChI is InChI=1S/C11H10ClFN2O/c1-2-6-3-7(4-8(12)11(6)13)9-5-10(14)15-16-9/h3-5H,2H2,1H3,(H2,14,15). The predicted molar refractivity (Wildman–Crippen MR) is 60.7 cm³/mol. The van der Waals surface area contributed by atoms with E-state index in [4.69, 9.17) is 21.9 Å². The molecule has 0 spiro atoms. The van der Waals surface area contributed by atoms with Crippen molar-refractivity contribution >= 4 is 17.4 Å². The molecule has 0 saturated heterocycles. The summed E-state index contributed by atoms with van der Waals surface area (Å²) in [6, 6.07) is 4.75. The molecule has 0 aliphatic carbocycles. The second kappa shape index (κ2) is 4.14. The van der Waals surface area contributed by atoms with Gasteiger partial charge >= 0.3 is 0 Å². The third kappa shape index (κ3) is 1.88. The molecule has 0 atom stereocenters. The molecular weight excluding hydrogens is 231 g/mol. The topological polar surface area (TPSA) is 52.0 Å². The van der Waals surface area contributed by atoms with E-state index in [1.807, 2.05) is 6.92 Å². The van der Waals surface area contributed by atoms with Gasteiger partial charge in [0.05, 0.1) is 5.02 Å². The number of nitrogen functional groups attached to an aromatic ring is 1. The number of hydrogen-bond donors (Lipinski definition) is 1. The molecule has 1 heterocycles. The average Bonchev–Trinajstić information content (AvgIpc) is 2.69. The molecule has 1 aromatic carbocycles. The molecule has 0 unspecified atom stereocenters. The van der Waals surface area contributed by atoms with Crippen molar-refractivity contribution in [2.45, 2.75) is 13.3 Å². The summed E-state index contributed by atoms with van der Waals surface area (Å²) in [6.07, 6.45) is 0.559. The van der Waals surface area contributed by atoms with Gasteiger partial charge in [0.15, 0.2) is 11.6 Å². The fraction of sp³-hybridized carbons (Fsp3) is 0.182. The Morgan fingerprint density at radius 1 is 1.44 bits per heavy atom. The van der Waals surface area contributed by atoms with Crippen LogP contribution in [0.1, 0.15) is 12.5 Å². The number of aryl methyl sites for hydroxylation is 1. The molecule has 0 aliphatic rings. The van der Waals surface area contributed by atoms with Gasteiger partial charge in [-0.3, -0.25) is 0 Å². The van der Waals surface area contributed by atoms with E-state index in [1.165, 1.54) is 6.07 Å². The minimum absolute atomic E-state index is 0.0734. The first-order valence-corrected chi connectivity index (χ1v) is 5.20. The highest BCUT2D eigenvalue weighted by Crippen LogP contribution is 2.28. The lowest BCUT2D eigenvalue weighted by Gasteiger charge is -2.04. The van der Waals surface area contributed by atoms with Crippen LogP contribution < -0.4 is 5.73 Å². The van der Waals surface area contributed by atoms with Gasteiger partial charge in [-0.2, -0.15) is 0 Å². The summed E-state index contributed by atoms with van der Waals surface area (Å²) in [6.45, 7) is 1.85. The van der Waals surface area contributed by atoms with Crippen LogP contribution in [-0.4, -0.2) is 5.16 Å². The third-order valence-corrected chi connectivity index (χ3v) is 2.57. The molecule has 2 aromatic rings. The SMILES string of the molecule is CCc1cc(-c2cc(N)no2)cc(Cl)c1F. The summed E-state index contributed by atoms with van der Waals surface area (Å²) in [5.74, 6) is 0.378. The molecule has 0 fully saturated rings. The van der Waals surface area contributed by atoms with Gasteiger partial charge < -0.3 is 10.3 Å². The highest BCUT2D eigenvalue weighted by Gasteiger charge is 2.12. The van der Waals surface area contributed by atoms with Crippen LogP contribution in [0, 0.1) is 5.82 Å². The third-order valence-electron chi connectivity index (χ3n) is 2.30. The predicted octanol–water partition coefficient (Wildman–Crippen LogP) is 3.28. The largest absolute Gasteiger partial charge is 0.381 e. The molecule has 5 heteroatoms. The second-order valence-electron chi connectivity index (χ2n) is 3.40. The molecule has 2 rings (SSSR count). The highest BCUT2D eigenvalue weighted by atomic mass is 35.5. The van der Waals surface area contributed by atoms with E-state index in [0.717, 1.165) is 0 Å². The van der Waals surface area contributed by atoms with Crippen LogP contribution in [0.2, 0.25) is 5.02 Å². The molecule has 0 amide bonds. The van der Waals surface area contributed by atoms with Crippen molar-refractivity contribution in [1.82, 2.24) is 5.16 Å². The van der Waals surface area contributed by atoms with E-state index < -0.39 is 0 Å². The minimum Gasteiger partial charge on any atom is -0.381 e. The van der Waals surface area contributed by atoms with Crippen LogP contribution in [0.4, 0.5) is 10.2 Å². The van der Waals surface area contributed by atoms with Crippen LogP contribution in [0.3, 0.4) is 0 Å². The van der Waals surface area contributed by atoms with E-state index in [2.05, 4.69) is 5.16 Å². The van der Waals surface area contributed by atoms with Gasteiger partial charge in [0, 0.05) is 11.6 Å². The Hall–Kier alpha value is -1.55. The first kappa shape index (κ1) is 11.0. The Bertz CT molecular complexity index is 525. The van der Waals surface area contributed by atoms with Gasteiger partial charge in [0.1, 0.15) is 5.82 Å². The molecule has 2 N–H and O–H groups in total. The first-order chi connectivity index (χ1) is 7.61. The molecular formula is C11H10ClFN2O. The summed E-state index contributed by atoms with van der Waals surface area (Å²) in [7, 11) is 0. The maximum absolute atomic E-state index is 13.5. The molecule has 3 nitrogen and oxygen atoms in total. The fourth-order valence-corrected chi connectivity index (χ4v) is 1.71. The van der Waals surface area contributed by atoms with Gasteiger partial charge in [-0.1, -0.05) is 23.7 Å². The second-order valence-corrected chi connectivity index (χ2v) is 3.81. The summed E-state index contributed by atoms with van der Waals surface area (Å²) in [4.78, 5) is 0. The van der Waals surface area contributed by atoms with Gasteiger partial charge in [-0.05, 0) is 24.1 Å². The lowest BCUT2D eigenvalue weighted by molar-refractivity contribution is 0.435. The quantitative estimate of drug-likeness (QED) is 0.876. The normalized spacial score (nSPS) is 10.7. The zero-order valence-corrected chi connectivity index (χ0v) is 9.38. The number of nitrogens with two attached hydrogens (primary N) is 1. The van der Waals surface area contributed by atoms with E-state index in [0.29, 0.717) is 23.3 Å². The Morgan fingerprint density at radius 2 is 2.19 bits per heavy atom. The van der Waals surface area contributed by atoms with Gasteiger partial charge in [0.2, 0.25) is 0 Å². The van der Waals surface area contributed by atoms with E-state index in [-0.39, 0.29) is 16.7 Å². The van der Waals surface area contributed by atoms with E-state index in [9.17, 15) is 4.39 Å². The van der Waals surface area contributed by atoms with Crippen LogP contribution in [0.15, 0.2) is 22.7 Å². The number of nitrogens with zero attached hydrogens (tertiary/aromatic N) is 1. The molecule has 1 aromatic heterocycles. The summed E-state index contributed by atoms with van der Waals surface area (Å²) in [5, 5.41) is 3.64. The van der Waals surface area contributed by atoms with Gasteiger partial charge in [-0.15, -0.1) is 0 Å². The number of benzene rings is 1. The van der Waals surface area contributed by atoms with Crippen LogP contribution in [0.5, 0.6) is 0 Å². The molecule has 0 saturated carbocycles. The van der Waals surface area contributed by atoms with Gasteiger partial charge in [0.25, 0.3) is 0 Å². The number of halogens is 2. The Balaban J connectivity index is 2.54. The number of hydrogen-bond acceptors (Lipinski definition) is 3. The Morgan fingerprint density at radius 3 is 2.75 bits per heavy atom. The molecule has 84 valence electrons. The number of aromatic nitrogens is 1. The van der Waals surface area contributed by atoms with Crippen LogP contribution >= 0.6 is 11.6 Å². The molecule has 0 radical (unpaired) electrons. The smallest absolute Gasteiger partial charge is 0.169 e. The zero-order valence-electron chi connectivity index (χ0n) is 8.63. The minimum atomic E-state index is -0.389. The first-order valence-electron chi connectivity index (χ1n) is 4.82. The Labute approximate surface area is 97.0 Å². The van der Waals surface area contributed by atoms with Crippen LogP contribution in [0.25, 0.3) is 11.3 Å². The lowest BCUT2D eigenvalue weighted by Crippen LogP contribution is -1.90. The fourth-order valence-electron chi connectivity index (χ4n) is 1.47. The summed E-state index contributed by atoms with van der Waals surface area (Å²) in [5.41, 5.74) is 6.66. The van der Waals surface area contributed by atoms with Gasteiger partial charge in [-0.25, -0.2) is 4.39 Å². The van der Waals surface area contributed by atoms with Crippen molar-refractivity contribution in [2.24, 2.45) is 0 Å². The van der Waals surface area contributed by atoms with Crippen molar-refractivity contribution in [1.29, 1.82) is 0 Å². The number of rotatable bonds is 2. The Kier molecular flexibility index (Phi) is 2.83. The van der Waals surface area contributed by atoms with Crippen molar-refractivity contribution in [2.75, 3.05) is 5.73 Å². The van der Waals surface area contributed by atoms with Crippen molar-refractivity contribution in [3.63, 3.8) is 0 Å². The lowest BCUT2D eigenvalue weighted by atomic mass is 10.1. The van der Waals surface area contributed by atoms with Crippen molar-refractivity contribution in [3.05, 3.63) is 34.6 Å². The van der Waals surface area contributed by atoms with Crippen molar-refractivity contribution in [3.8, 4) is 11.3 Å². The number of anilines is 1. The highest BCUT2D eigenvalue weighted by molar-refractivity contribution is 6.31. The molecule has 0 aliphatic heterocycles. The molecule has 0 bridgehead atoms. The molecule has 16 heavy (non-hydrogen) atoms. The summed E-state index contributed by atoms with van der Waals surface area (Å²) >= 11 is 5.79.